The average molecular weight is 265 g/mol. The third kappa shape index (κ3) is 6.38. The Kier molecular flexibility index (Phi) is 7.18. The Hall–Kier alpha value is -1.36. The van der Waals surface area contributed by atoms with E-state index in [9.17, 15) is 0 Å². The maximum Gasteiger partial charge on any atom is 0.131 e. The standard InChI is InChI=1S/C14H27N5/c1-5-15-13-10-14(18-11-17-13)16-8-6-7-9-19(4)12(2)3/h10-12H,5-9H2,1-4H3,(H2,15,16,17,18). The van der Waals surface area contributed by atoms with Gasteiger partial charge in [0.25, 0.3) is 0 Å². The SMILES string of the molecule is CCNc1cc(NCCCCN(C)C(C)C)ncn1. The van der Waals surface area contributed by atoms with Gasteiger partial charge in [-0.15, -0.1) is 0 Å². The molecule has 0 amide bonds. The maximum atomic E-state index is 4.21. The number of unbranched alkanes of at least 4 members (excludes halogenated alkanes) is 1. The van der Waals surface area contributed by atoms with E-state index in [-0.39, 0.29) is 0 Å². The van der Waals surface area contributed by atoms with Crippen LogP contribution in [0, 0.1) is 0 Å². The molecule has 0 fully saturated rings. The van der Waals surface area contributed by atoms with E-state index in [1.165, 1.54) is 6.42 Å². The molecule has 1 aromatic heterocycles. The summed E-state index contributed by atoms with van der Waals surface area (Å²) in [6, 6.07) is 2.57. The Bertz CT molecular complexity index is 353. The summed E-state index contributed by atoms with van der Waals surface area (Å²) in [4.78, 5) is 10.7. The zero-order valence-electron chi connectivity index (χ0n) is 12.6. The zero-order chi connectivity index (χ0) is 14.1. The van der Waals surface area contributed by atoms with Crippen molar-refractivity contribution in [3.05, 3.63) is 12.4 Å². The average Bonchev–Trinajstić information content (AvgIpc) is 2.39. The molecule has 0 spiro atoms. The van der Waals surface area contributed by atoms with Gasteiger partial charge in [-0.05, 0) is 47.2 Å². The van der Waals surface area contributed by atoms with Crippen LogP contribution in [0.4, 0.5) is 11.6 Å². The van der Waals surface area contributed by atoms with Crippen molar-refractivity contribution < 1.29 is 0 Å². The molecule has 19 heavy (non-hydrogen) atoms. The van der Waals surface area contributed by atoms with Crippen LogP contribution in [0.3, 0.4) is 0 Å². The molecule has 0 saturated heterocycles. The van der Waals surface area contributed by atoms with Gasteiger partial charge in [0, 0.05) is 25.2 Å². The molecular formula is C14H27N5. The van der Waals surface area contributed by atoms with E-state index in [1.807, 2.05) is 6.07 Å². The summed E-state index contributed by atoms with van der Waals surface area (Å²) < 4.78 is 0. The molecule has 0 radical (unpaired) electrons. The summed E-state index contributed by atoms with van der Waals surface area (Å²) in [6.45, 7) is 9.47. The van der Waals surface area contributed by atoms with E-state index in [4.69, 9.17) is 0 Å². The predicted octanol–water partition coefficient (Wildman–Crippen LogP) is 2.44. The first kappa shape index (κ1) is 15.7. The molecule has 1 heterocycles. The number of hydrogen-bond donors (Lipinski definition) is 2. The molecular weight excluding hydrogens is 238 g/mol. The van der Waals surface area contributed by atoms with Crippen LogP contribution >= 0.6 is 0 Å². The highest BCUT2D eigenvalue weighted by Gasteiger charge is 2.02. The van der Waals surface area contributed by atoms with Crippen LogP contribution in [0.2, 0.25) is 0 Å². The first-order valence-corrected chi connectivity index (χ1v) is 7.13. The Labute approximate surface area is 116 Å². The van der Waals surface area contributed by atoms with Gasteiger partial charge in [0.15, 0.2) is 0 Å². The second-order valence-corrected chi connectivity index (χ2v) is 5.03. The predicted molar refractivity (Wildman–Crippen MR) is 81.7 cm³/mol. The minimum atomic E-state index is 0.623. The Morgan fingerprint density at radius 3 is 2.47 bits per heavy atom. The largest absolute Gasteiger partial charge is 0.370 e. The fraction of sp³-hybridized carbons (Fsp3) is 0.714. The Morgan fingerprint density at radius 2 is 1.84 bits per heavy atom. The molecule has 5 nitrogen and oxygen atoms in total. The van der Waals surface area contributed by atoms with Gasteiger partial charge in [-0.3, -0.25) is 0 Å². The molecule has 2 N–H and O–H groups in total. The van der Waals surface area contributed by atoms with Gasteiger partial charge < -0.3 is 15.5 Å². The number of nitrogens with zero attached hydrogens (tertiary/aromatic N) is 3. The van der Waals surface area contributed by atoms with Crippen LogP contribution in [0.5, 0.6) is 0 Å². The molecule has 0 aromatic carbocycles. The van der Waals surface area contributed by atoms with E-state index in [0.717, 1.165) is 37.7 Å². The van der Waals surface area contributed by atoms with Crippen molar-refractivity contribution in [1.29, 1.82) is 0 Å². The lowest BCUT2D eigenvalue weighted by atomic mass is 10.2. The maximum absolute atomic E-state index is 4.21. The fourth-order valence-corrected chi connectivity index (χ4v) is 1.69. The molecule has 1 aromatic rings. The number of nitrogens with one attached hydrogen (secondary N) is 2. The minimum absolute atomic E-state index is 0.623. The van der Waals surface area contributed by atoms with Crippen molar-refractivity contribution in [2.75, 3.05) is 37.3 Å². The van der Waals surface area contributed by atoms with Crippen molar-refractivity contribution in [2.45, 2.75) is 39.7 Å². The highest BCUT2D eigenvalue weighted by Crippen LogP contribution is 2.08. The summed E-state index contributed by atoms with van der Waals surface area (Å²) >= 11 is 0. The van der Waals surface area contributed by atoms with Crippen LogP contribution in [-0.2, 0) is 0 Å². The topological polar surface area (TPSA) is 53.1 Å². The minimum Gasteiger partial charge on any atom is -0.370 e. The monoisotopic (exact) mass is 265 g/mol. The van der Waals surface area contributed by atoms with E-state index >= 15 is 0 Å². The van der Waals surface area contributed by atoms with Crippen molar-refractivity contribution >= 4 is 11.6 Å². The molecule has 1 rings (SSSR count). The van der Waals surface area contributed by atoms with E-state index < -0.39 is 0 Å². The van der Waals surface area contributed by atoms with Gasteiger partial charge in [0.05, 0.1) is 0 Å². The lowest BCUT2D eigenvalue weighted by molar-refractivity contribution is 0.269. The molecule has 0 bridgehead atoms. The fourth-order valence-electron chi connectivity index (χ4n) is 1.69. The molecule has 0 saturated carbocycles. The van der Waals surface area contributed by atoms with Gasteiger partial charge in [0.1, 0.15) is 18.0 Å². The molecule has 0 aliphatic carbocycles. The van der Waals surface area contributed by atoms with Crippen LogP contribution in [-0.4, -0.2) is 47.6 Å². The van der Waals surface area contributed by atoms with E-state index in [1.54, 1.807) is 6.33 Å². The Balaban J connectivity index is 2.20. The van der Waals surface area contributed by atoms with Gasteiger partial charge in [-0.25, -0.2) is 9.97 Å². The smallest absolute Gasteiger partial charge is 0.131 e. The van der Waals surface area contributed by atoms with Crippen molar-refractivity contribution in [2.24, 2.45) is 0 Å². The molecule has 0 aliphatic rings. The number of aromatic nitrogens is 2. The molecule has 0 atom stereocenters. The Morgan fingerprint density at radius 1 is 1.16 bits per heavy atom. The quantitative estimate of drug-likeness (QED) is 0.672. The third-order valence-electron chi connectivity index (χ3n) is 3.15. The van der Waals surface area contributed by atoms with Gasteiger partial charge in [-0.1, -0.05) is 0 Å². The third-order valence-corrected chi connectivity index (χ3v) is 3.15. The van der Waals surface area contributed by atoms with Crippen molar-refractivity contribution in [1.82, 2.24) is 14.9 Å². The van der Waals surface area contributed by atoms with Crippen LogP contribution < -0.4 is 10.6 Å². The zero-order valence-corrected chi connectivity index (χ0v) is 12.6. The summed E-state index contributed by atoms with van der Waals surface area (Å²) in [6.07, 6.45) is 3.94. The first-order chi connectivity index (χ1) is 9.13. The van der Waals surface area contributed by atoms with Crippen LogP contribution in [0.15, 0.2) is 12.4 Å². The summed E-state index contributed by atoms with van der Waals surface area (Å²) in [7, 11) is 2.17. The number of hydrogen-bond acceptors (Lipinski definition) is 5. The van der Waals surface area contributed by atoms with E-state index in [2.05, 4.69) is 53.3 Å². The van der Waals surface area contributed by atoms with Gasteiger partial charge in [-0.2, -0.15) is 0 Å². The molecule has 108 valence electrons. The van der Waals surface area contributed by atoms with Crippen LogP contribution in [0.25, 0.3) is 0 Å². The lowest BCUT2D eigenvalue weighted by Crippen LogP contribution is -2.27. The normalized spacial score (nSPS) is 11.1. The second kappa shape index (κ2) is 8.69. The molecule has 5 heteroatoms. The van der Waals surface area contributed by atoms with Gasteiger partial charge in [0.2, 0.25) is 0 Å². The van der Waals surface area contributed by atoms with Gasteiger partial charge >= 0.3 is 0 Å². The van der Waals surface area contributed by atoms with E-state index in [0.29, 0.717) is 6.04 Å². The highest BCUT2D eigenvalue weighted by molar-refractivity contribution is 5.46. The highest BCUT2D eigenvalue weighted by atomic mass is 15.1. The van der Waals surface area contributed by atoms with Crippen molar-refractivity contribution in [3.63, 3.8) is 0 Å². The van der Waals surface area contributed by atoms with Crippen molar-refractivity contribution in [3.8, 4) is 0 Å². The van der Waals surface area contributed by atoms with Crippen LogP contribution in [0.1, 0.15) is 33.6 Å². The summed E-state index contributed by atoms with van der Waals surface area (Å²) in [5.74, 6) is 1.77. The summed E-state index contributed by atoms with van der Waals surface area (Å²) in [5.41, 5.74) is 0. The number of rotatable bonds is 9. The number of anilines is 2. The first-order valence-electron chi connectivity index (χ1n) is 7.13. The second-order valence-electron chi connectivity index (χ2n) is 5.03. The molecule has 0 unspecified atom stereocenters. The lowest BCUT2D eigenvalue weighted by Gasteiger charge is -2.20. The summed E-state index contributed by atoms with van der Waals surface area (Å²) in [5, 5.41) is 6.52. The molecule has 0 aliphatic heterocycles.